The predicted molar refractivity (Wildman–Crippen MR) is 142 cm³/mol. The van der Waals surface area contributed by atoms with Crippen LogP contribution in [-0.4, -0.2) is 8.07 Å². The number of allylic oxidation sites excluding steroid dienone is 4. The van der Waals surface area contributed by atoms with Crippen molar-refractivity contribution in [2.75, 3.05) is 0 Å². The maximum Gasteiger partial charge on any atom is 2.00 e. The van der Waals surface area contributed by atoms with E-state index in [2.05, 4.69) is 117 Å². The number of rotatable bonds is 4. The van der Waals surface area contributed by atoms with Crippen LogP contribution in [-0.2, 0) is 21.7 Å². The number of hydrogen-bond donors (Lipinski definition) is 0. The van der Waals surface area contributed by atoms with Gasteiger partial charge in [0.15, 0.2) is 0 Å². The van der Waals surface area contributed by atoms with Gasteiger partial charge >= 0.3 is 21.7 Å². The van der Waals surface area contributed by atoms with Crippen LogP contribution in [0.4, 0.5) is 0 Å². The maximum absolute atomic E-state index is 2.99. The quantitative estimate of drug-likeness (QED) is 0.228. The molecule has 4 rings (SSSR count). The van der Waals surface area contributed by atoms with Crippen molar-refractivity contribution in [3.63, 3.8) is 0 Å². The van der Waals surface area contributed by atoms with E-state index in [-0.39, 0.29) is 58.9 Å². The Morgan fingerprint density at radius 3 is 1.19 bits per heavy atom. The molecular formula is C26H29Cl3SiTi. The molecule has 0 saturated carbocycles. The Hall–Kier alpha value is -1.06. The molecule has 0 atom stereocenters. The molecule has 0 spiro atoms. The smallest absolute Gasteiger partial charge is 0.305 e. The van der Waals surface area contributed by atoms with E-state index in [0.29, 0.717) is 0 Å². The van der Waals surface area contributed by atoms with Gasteiger partial charge in [-0.15, -0.1) is 43.6 Å². The summed E-state index contributed by atoms with van der Waals surface area (Å²) in [4.78, 5) is 0. The van der Waals surface area contributed by atoms with Crippen molar-refractivity contribution in [1.29, 1.82) is 0 Å². The van der Waals surface area contributed by atoms with Gasteiger partial charge in [0.25, 0.3) is 0 Å². The summed E-state index contributed by atoms with van der Waals surface area (Å²) in [6.45, 7) is 4.58. The van der Waals surface area contributed by atoms with Crippen molar-refractivity contribution in [3.8, 4) is 0 Å². The van der Waals surface area contributed by atoms with Crippen LogP contribution in [0.15, 0.2) is 109 Å². The Morgan fingerprint density at radius 2 is 1.00 bits per heavy atom. The molecule has 5 heteroatoms. The molecule has 3 aromatic rings. The van der Waals surface area contributed by atoms with E-state index in [1.807, 2.05) is 12.2 Å². The average molecular weight is 524 g/mol. The van der Waals surface area contributed by atoms with Crippen molar-refractivity contribution in [3.05, 3.63) is 121 Å². The number of benzene rings is 3. The molecule has 0 N–H and O–H groups in total. The predicted octanol–water partition coefficient (Wildman–Crippen LogP) is 5.88. The summed E-state index contributed by atoms with van der Waals surface area (Å²) in [6, 6.07) is 33.0. The van der Waals surface area contributed by atoms with Crippen LogP contribution in [0.5, 0.6) is 0 Å². The molecule has 0 aliphatic heterocycles. The Labute approximate surface area is 222 Å². The zero-order valence-electron chi connectivity index (χ0n) is 17.8. The van der Waals surface area contributed by atoms with Crippen molar-refractivity contribution in [2.45, 2.75) is 20.3 Å². The van der Waals surface area contributed by atoms with Gasteiger partial charge in [0.2, 0.25) is 0 Å². The number of hydrogen-bond acceptors (Lipinski definition) is 0. The van der Waals surface area contributed by atoms with Crippen LogP contribution in [0, 0.1) is 11.6 Å². The Kier molecular flexibility index (Phi) is 17.2. The molecule has 0 saturated heterocycles. The Balaban J connectivity index is 0. The first-order valence-corrected chi connectivity index (χ1v) is 11.4. The number of halogens is 3. The first-order chi connectivity index (χ1) is 13.3. The second-order valence-corrected chi connectivity index (χ2v) is 11.1. The Morgan fingerprint density at radius 1 is 0.645 bits per heavy atom. The largest absolute Gasteiger partial charge is 2.00 e. The second kappa shape index (κ2) is 16.6. The molecule has 0 amide bonds. The van der Waals surface area contributed by atoms with Crippen molar-refractivity contribution in [1.82, 2.24) is 0 Å². The van der Waals surface area contributed by atoms with E-state index in [4.69, 9.17) is 0 Å². The van der Waals surface area contributed by atoms with Crippen molar-refractivity contribution in [2.24, 2.45) is 0 Å². The van der Waals surface area contributed by atoms with Gasteiger partial charge in [-0.1, -0.05) is 107 Å². The van der Waals surface area contributed by atoms with Gasteiger partial charge in [0, 0.05) is 8.07 Å². The van der Waals surface area contributed by atoms with Crippen LogP contribution < -0.4 is 15.6 Å². The summed E-state index contributed by atoms with van der Waals surface area (Å²) in [5.41, 5.74) is 1.51. The molecular weight excluding hydrogens is 495 g/mol. The molecule has 1 aliphatic rings. The van der Waals surface area contributed by atoms with E-state index < -0.39 is 8.07 Å². The van der Waals surface area contributed by atoms with Crippen LogP contribution in [0.2, 0.25) is 0 Å². The molecule has 0 aromatic heterocycles. The monoisotopic (exact) mass is 522 g/mol. The van der Waals surface area contributed by atoms with E-state index in [1.165, 1.54) is 21.1 Å². The molecule has 0 nitrogen and oxygen atoms in total. The topological polar surface area (TPSA) is 0 Å². The first-order valence-electron chi connectivity index (χ1n) is 9.45. The minimum Gasteiger partial charge on any atom is -0.305 e. The van der Waals surface area contributed by atoms with Gasteiger partial charge in [-0.2, -0.15) is 19.9 Å². The summed E-state index contributed by atoms with van der Waals surface area (Å²) in [5, 5.41) is 4.35. The second-order valence-electron chi connectivity index (χ2n) is 6.85. The Bertz CT molecular complexity index is 776. The third-order valence-corrected chi connectivity index (χ3v) is 10.1. The fourth-order valence-corrected chi connectivity index (χ4v) is 8.58. The average Bonchev–Trinajstić information content (AvgIpc) is 3.31. The summed E-state index contributed by atoms with van der Waals surface area (Å²) in [6.07, 6.45) is 10.0. The normalized spacial score (nSPS) is 11.1. The molecule has 3 aromatic carbocycles. The van der Waals surface area contributed by atoms with Crippen molar-refractivity contribution >= 4 is 60.9 Å². The minimum absolute atomic E-state index is 0. The van der Waals surface area contributed by atoms with Gasteiger partial charge in [-0.25, -0.2) is 12.2 Å². The van der Waals surface area contributed by atoms with E-state index >= 15 is 0 Å². The fraction of sp³-hybridized carbons (Fsp3) is 0.115. The molecule has 0 fully saturated rings. The summed E-state index contributed by atoms with van der Waals surface area (Å²) >= 11 is 0. The summed E-state index contributed by atoms with van der Waals surface area (Å²) in [5.74, 6) is 0. The molecule has 0 unspecified atom stereocenters. The van der Waals surface area contributed by atoms with Gasteiger partial charge in [-0.3, -0.25) is 6.08 Å². The van der Waals surface area contributed by atoms with Gasteiger partial charge in [0.1, 0.15) is 0 Å². The molecule has 0 bridgehead atoms. The SMILES string of the molecule is C[C-](C)[Si](c1ccccc1)(c1ccccc1)c1ccccc1.Cl.Cl.Cl.[C-]1=CC=CC1.[Ti+2]. The van der Waals surface area contributed by atoms with Gasteiger partial charge in [0.05, 0.1) is 0 Å². The van der Waals surface area contributed by atoms with E-state index in [9.17, 15) is 0 Å². The van der Waals surface area contributed by atoms with Crippen molar-refractivity contribution < 1.29 is 21.7 Å². The molecule has 0 radical (unpaired) electrons. The third kappa shape index (κ3) is 7.79. The van der Waals surface area contributed by atoms with Crippen LogP contribution in [0.3, 0.4) is 0 Å². The van der Waals surface area contributed by atoms with Gasteiger partial charge in [-0.05, 0) is 0 Å². The first kappa shape index (κ1) is 32.1. The van der Waals surface area contributed by atoms with Crippen LogP contribution in [0.25, 0.3) is 0 Å². The molecule has 31 heavy (non-hydrogen) atoms. The molecule has 1 aliphatic carbocycles. The van der Waals surface area contributed by atoms with E-state index in [1.54, 1.807) is 0 Å². The minimum atomic E-state index is -2.08. The third-order valence-electron chi connectivity index (χ3n) is 4.96. The van der Waals surface area contributed by atoms with Crippen LogP contribution >= 0.6 is 37.2 Å². The van der Waals surface area contributed by atoms with Crippen LogP contribution in [0.1, 0.15) is 20.3 Å². The molecule has 0 heterocycles. The summed E-state index contributed by atoms with van der Waals surface area (Å²) < 4.78 is 0. The zero-order valence-corrected chi connectivity index (χ0v) is 22.8. The fourth-order valence-electron chi connectivity index (χ4n) is 3.77. The zero-order chi connectivity index (χ0) is 19.0. The van der Waals surface area contributed by atoms with E-state index in [0.717, 1.165) is 6.42 Å². The summed E-state index contributed by atoms with van der Waals surface area (Å²) in [7, 11) is -2.08. The molecule has 162 valence electrons. The standard InChI is InChI=1S/C21H21Si.C5H5.3ClH.Ti/c1-18(2)22(19-12-6-3-7-13-19,20-14-8-4-9-15-20)21-16-10-5-11-17-21;1-2-4-5-3-1;;;;/h3-17H,1-2H3;1-3H,4H2;3*1H;/q2*-1;;;;+2. The van der Waals surface area contributed by atoms with Gasteiger partial charge < -0.3 is 5.54 Å². The maximum atomic E-state index is 2.99.